The Kier molecular flexibility index (Phi) is 7.31. The van der Waals surface area contributed by atoms with E-state index in [9.17, 15) is 19.8 Å². The zero-order chi connectivity index (χ0) is 22.4. The summed E-state index contributed by atoms with van der Waals surface area (Å²) < 4.78 is 10.7. The molecule has 3 rings (SSSR count). The van der Waals surface area contributed by atoms with Gasteiger partial charge >= 0.3 is 0 Å². The number of amides is 1. The first kappa shape index (κ1) is 22.4. The van der Waals surface area contributed by atoms with Crippen LogP contribution in [0.25, 0.3) is 5.76 Å². The number of likely N-dealkylation sites (tertiary alicyclic amines) is 1. The molecule has 1 heterocycles. The summed E-state index contributed by atoms with van der Waals surface area (Å²) in [5, 5.41) is 20.7. The van der Waals surface area contributed by atoms with Crippen LogP contribution in [0.5, 0.6) is 11.5 Å². The first-order valence-corrected chi connectivity index (χ1v) is 10.3. The lowest BCUT2D eigenvalue weighted by Crippen LogP contribution is -2.31. The van der Waals surface area contributed by atoms with Gasteiger partial charge < -0.3 is 24.6 Å². The van der Waals surface area contributed by atoms with Gasteiger partial charge in [-0.05, 0) is 42.7 Å². The molecule has 164 valence electrons. The number of ketones is 1. The quantitative estimate of drug-likeness (QED) is 0.276. The fraction of sp³-hybridized carbons (Fsp3) is 0.333. The van der Waals surface area contributed by atoms with E-state index in [2.05, 4.69) is 0 Å². The van der Waals surface area contributed by atoms with Crippen LogP contribution < -0.4 is 4.74 Å². The van der Waals surface area contributed by atoms with Crippen LogP contribution >= 0.6 is 0 Å². The highest BCUT2D eigenvalue weighted by Gasteiger charge is 2.45. The molecular weight excluding hydrogens is 398 g/mol. The van der Waals surface area contributed by atoms with Crippen molar-refractivity contribution in [3.63, 3.8) is 0 Å². The number of hydrogen-bond acceptors (Lipinski definition) is 6. The van der Waals surface area contributed by atoms with E-state index in [-0.39, 0.29) is 17.1 Å². The molecule has 2 aromatic rings. The fourth-order valence-electron chi connectivity index (χ4n) is 3.60. The largest absolute Gasteiger partial charge is 0.508 e. The zero-order valence-corrected chi connectivity index (χ0v) is 17.7. The highest BCUT2D eigenvalue weighted by Crippen LogP contribution is 2.40. The number of aliphatic hydroxyl groups excluding tert-OH is 1. The van der Waals surface area contributed by atoms with Crippen molar-refractivity contribution in [1.29, 1.82) is 0 Å². The van der Waals surface area contributed by atoms with Crippen LogP contribution in [0.15, 0.2) is 54.1 Å². The van der Waals surface area contributed by atoms with Gasteiger partial charge in [0, 0.05) is 25.8 Å². The standard InChI is InChI=1S/C24H27NO6/c1-3-13-31-19-7-4-6-17(15-19)22(27)20-21(16-8-10-18(26)11-9-16)25(12-5-14-30-2)24(29)23(20)28/h4,6-11,15,21,26-27H,3,5,12-14H2,1-2H3/b22-20+. The zero-order valence-electron chi connectivity index (χ0n) is 17.7. The smallest absolute Gasteiger partial charge is 0.295 e. The minimum absolute atomic E-state index is 0.0146. The summed E-state index contributed by atoms with van der Waals surface area (Å²) in [6.45, 7) is 3.25. The highest BCUT2D eigenvalue weighted by atomic mass is 16.5. The average Bonchev–Trinajstić information content (AvgIpc) is 3.03. The van der Waals surface area contributed by atoms with Crippen LogP contribution in [0.1, 0.15) is 36.9 Å². The van der Waals surface area contributed by atoms with Gasteiger partial charge in [0.1, 0.15) is 17.3 Å². The Labute approximate surface area is 181 Å². The van der Waals surface area contributed by atoms with Crippen LogP contribution in [0, 0.1) is 0 Å². The second-order valence-electron chi connectivity index (χ2n) is 7.31. The van der Waals surface area contributed by atoms with Gasteiger partial charge in [-0.15, -0.1) is 0 Å². The minimum atomic E-state index is -0.766. The third-order valence-electron chi connectivity index (χ3n) is 5.08. The number of aliphatic hydroxyl groups is 1. The second kappa shape index (κ2) is 10.1. The molecule has 0 spiro atoms. The molecule has 1 aliphatic heterocycles. The topological polar surface area (TPSA) is 96.3 Å². The summed E-state index contributed by atoms with van der Waals surface area (Å²) in [6, 6.07) is 12.3. The number of benzene rings is 2. The molecule has 1 saturated heterocycles. The van der Waals surface area contributed by atoms with Crippen molar-refractivity contribution in [2.75, 3.05) is 26.9 Å². The van der Waals surface area contributed by atoms with E-state index >= 15 is 0 Å². The van der Waals surface area contributed by atoms with Crippen LogP contribution in [0.3, 0.4) is 0 Å². The Morgan fingerprint density at radius 1 is 1.10 bits per heavy atom. The number of rotatable bonds is 9. The molecule has 2 aromatic carbocycles. The van der Waals surface area contributed by atoms with E-state index in [4.69, 9.17) is 9.47 Å². The molecular formula is C24H27NO6. The third-order valence-corrected chi connectivity index (χ3v) is 5.08. The van der Waals surface area contributed by atoms with Crippen molar-refractivity contribution in [2.45, 2.75) is 25.8 Å². The minimum Gasteiger partial charge on any atom is -0.508 e. The van der Waals surface area contributed by atoms with Crippen molar-refractivity contribution >= 4 is 17.4 Å². The molecule has 7 heteroatoms. The van der Waals surface area contributed by atoms with Crippen molar-refractivity contribution in [3.8, 4) is 11.5 Å². The number of ether oxygens (including phenoxy) is 2. The van der Waals surface area contributed by atoms with Crippen molar-refractivity contribution in [2.24, 2.45) is 0 Å². The summed E-state index contributed by atoms with van der Waals surface area (Å²) in [7, 11) is 1.57. The molecule has 7 nitrogen and oxygen atoms in total. The first-order valence-electron chi connectivity index (χ1n) is 10.3. The Hall–Kier alpha value is -3.32. The number of phenolic OH excluding ortho intramolecular Hbond substituents is 1. The van der Waals surface area contributed by atoms with Crippen molar-refractivity contribution in [3.05, 3.63) is 65.2 Å². The molecule has 1 aliphatic rings. The molecule has 1 amide bonds. The third kappa shape index (κ3) is 4.88. The number of phenols is 1. The van der Waals surface area contributed by atoms with E-state index in [0.717, 1.165) is 6.42 Å². The number of carbonyl (C=O) groups excluding carboxylic acids is 2. The summed E-state index contributed by atoms with van der Waals surface area (Å²) in [6.07, 6.45) is 1.38. The summed E-state index contributed by atoms with van der Waals surface area (Å²) in [5.74, 6) is -1.03. The molecule has 1 unspecified atom stereocenters. The molecule has 1 atom stereocenters. The van der Waals surface area contributed by atoms with Gasteiger partial charge in [-0.2, -0.15) is 0 Å². The molecule has 1 fully saturated rings. The Bertz CT molecular complexity index is 966. The summed E-state index contributed by atoms with van der Waals surface area (Å²) in [4.78, 5) is 27.2. The number of nitrogens with zero attached hydrogens (tertiary/aromatic N) is 1. The number of Topliss-reactive ketones (excluding diaryl/α,β-unsaturated/α-hetero) is 1. The predicted molar refractivity (Wildman–Crippen MR) is 116 cm³/mol. The van der Waals surface area contributed by atoms with Gasteiger partial charge in [-0.3, -0.25) is 9.59 Å². The van der Waals surface area contributed by atoms with E-state index in [0.29, 0.717) is 43.1 Å². The lowest BCUT2D eigenvalue weighted by atomic mass is 9.95. The highest BCUT2D eigenvalue weighted by molar-refractivity contribution is 6.46. The monoisotopic (exact) mass is 425 g/mol. The van der Waals surface area contributed by atoms with Crippen molar-refractivity contribution < 1.29 is 29.3 Å². The Morgan fingerprint density at radius 3 is 2.52 bits per heavy atom. The summed E-state index contributed by atoms with van der Waals surface area (Å²) >= 11 is 0. The van der Waals surface area contributed by atoms with E-state index in [1.54, 1.807) is 43.5 Å². The van der Waals surface area contributed by atoms with Gasteiger partial charge in [0.15, 0.2) is 0 Å². The van der Waals surface area contributed by atoms with E-state index in [1.807, 2.05) is 6.92 Å². The van der Waals surface area contributed by atoms with Gasteiger partial charge in [0.2, 0.25) is 0 Å². The molecule has 0 bridgehead atoms. The average molecular weight is 425 g/mol. The van der Waals surface area contributed by atoms with E-state index < -0.39 is 17.7 Å². The molecule has 2 N–H and O–H groups in total. The second-order valence-corrected chi connectivity index (χ2v) is 7.31. The normalized spacial score (nSPS) is 17.9. The lowest BCUT2D eigenvalue weighted by Gasteiger charge is -2.25. The Morgan fingerprint density at radius 2 is 1.84 bits per heavy atom. The molecule has 0 aliphatic carbocycles. The van der Waals surface area contributed by atoms with E-state index in [1.165, 1.54) is 17.0 Å². The molecule has 0 radical (unpaired) electrons. The predicted octanol–water partition coefficient (Wildman–Crippen LogP) is 3.64. The van der Waals surface area contributed by atoms with Gasteiger partial charge in [-0.1, -0.05) is 31.2 Å². The van der Waals surface area contributed by atoms with Crippen LogP contribution in [0.2, 0.25) is 0 Å². The molecule has 0 aromatic heterocycles. The SMILES string of the molecule is CCCOc1cccc(/C(O)=C2\C(=O)C(=O)N(CCCOC)C2c2ccc(O)cc2)c1. The maximum absolute atomic E-state index is 12.9. The van der Waals surface area contributed by atoms with Crippen molar-refractivity contribution in [1.82, 2.24) is 4.90 Å². The lowest BCUT2D eigenvalue weighted by molar-refractivity contribution is -0.140. The Balaban J connectivity index is 2.07. The maximum Gasteiger partial charge on any atom is 0.295 e. The molecule has 31 heavy (non-hydrogen) atoms. The number of hydrogen-bond donors (Lipinski definition) is 2. The van der Waals surface area contributed by atoms with Crippen LogP contribution in [-0.4, -0.2) is 53.7 Å². The van der Waals surface area contributed by atoms with Gasteiger partial charge in [0.25, 0.3) is 11.7 Å². The first-order chi connectivity index (χ1) is 15.0. The van der Waals surface area contributed by atoms with Gasteiger partial charge in [0.05, 0.1) is 18.2 Å². The number of carbonyl (C=O) groups is 2. The number of methoxy groups -OCH3 is 1. The number of aromatic hydroxyl groups is 1. The maximum atomic E-state index is 12.9. The van der Waals surface area contributed by atoms with Crippen LogP contribution in [-0.2, 0) is 14.3 Å². The summed E-state index contributed by atoms with van der Waals surface area (Å²) in [5.41, 5.74) is 1.03. The molecule has 0 saturated carbocycles. The van der Waals surface area contributed by atoms with Crippen LogP contribution in [0.4, 0.5) is 0 Å². The fourth-order valence-corrected chi connectivity index (χ4v) is 3.60. The van der Waals surface area contributed by atoms with Gasteiger partial charge in [-0.25, -0.2) is 0 Å².